The van der Waals surface area contributed by atoms with E-state index in [1.807, 2.05) is 7.05 Å². The van der Waals surface area contributed by atoms with E-state index in [2.05, 4.69) is 11.8 Å². The van der Waals surface area contributed by atoms with Gasteiger partial charge >= 0.3 is 0 Å². The Labute approximate surface area is 122 Å². The molecule has 1 aliphatic rings. The van der Waals surface area contributed by atoms with E-state index in [0.29, 0.717) is 30.4 Å². The first-order valence-electron chi connectivity index (χ1n) is 7.31. The van der Waals surface area contributed by atoms with Crippen molar-refractivity contribution in [2.45, 2.75) is 51.5 Å². The molecule has 1 saturated carbocycles. The fourth-order valence-corrected chi connectivity index (χ4v) is 2.79. The molecule has 0 aromatic rings. The average molecular weight is 285 g/mol. The standard InChI is InChI=1S/C14H27N3OS/c1-3-17(12-6-4-5-7-12)11-9-14(18)16(2)10-8-13(15)19/h12H,3-11H2,1-2H3,(H2,15,19). The van der Waals surface area contributed by atoms with Crippen LogP contribution >= 0.6 is 12.2 Å². The zero-order valence-corrected chi connectivity index (χ0v) is 13.0. The number of thiocarbonyl (C=S) groups is 1. The largest absolute Gasteiger partial charge is 0.393 e. The number of nitrogens with two attached hydrogens (primary N) is 1. The first kappa shape index (κ1) is 16.4. The fraction of sp³-hybridized carbons (Fsp3) is 0.857. The lowest BCUT2D eigenvalue weighted by atomic mass is 10.2. The zero-order valence-electron chi connectivity index (χ0n) is 12.2. The molecule has 0 aromatic heterocycles. The lowest BCUT2D eigenvalue weighted by molar-refractivity contribution is -0.130. The van der Waals surface area contributed by atoms with E-state index in [9.17, 15) is 4.79 Å². The Hall–Kier alpha value is -0.680. The maximum atomic E-state index is 12.0. The number of hydrogen-bond acceptors (Lipinski definition) is 3. The summed E-state index contributed by atoms with van der Waals surface area (Å²) in [5.74, 6) is 0.188. The Morgan fingerprint density at radius 3 is 2.42 bits per heavy atom. The first-order chi connectivity index (χ1) is 9.04. The van der Waals surface area contributed by atoms with Crippen LogP contribution in [0.4, 0.5) is 0 Å². The van der Waals surface area contributed by atoms with Gasteiger partial charge in [0.2, 0.25) is 5.91 Å². The molecule has 4 nitrogen and oxygen atoms in total. The molecule has 0 spiro atoms. The van der Waals surface area contributed by atoms with Gasteiger partial charge in [0.1, 0.15) is 0 Å². The minimum atomic E-state index is 0.188. The van der Waals surface area contributed by atoms with Crippen molar-refractivity contribution in [2.24, 2.45) is 5.73 Å². The van der Waals surface area contributed by atoms with Crippen molar-refractivity contribution in [1.29, 1.82) is 0 Å². The second-order valence-electron chi connectivity index (χ2n) is 5.35. The van der Waals surface area contributed by atoms with Crippen molar-refractivity contribution >= 4 is 23.1 Å². The molecule has 1 rings (SSSR count). The summed E-state index contributed by atoms with van der Waals surface area (Å²) < 4.78 is 0. The molecule has 0 aliphatic heterocycles. The lowest BCUT2D eigenvalue weighted by Crippen LogP contribution is -2.37. The van der Waals surface area contributed by atoms with Crippen LogP contribution in [-0.4, -0.2) is 53.4 Å². The molecule has 110 valence electrons. The Balaban J connectivity index is 2.28. The maximum Gasteiger partial charge on any atom is 0.223 e. The van der Waals surface area contributed by atoms with Gasteiger partial charge in [-0.15, -0.1) is 0 Å². The zero-order chi connectivity index (χ0) is 14.3. The van der Waals surface area contributed by atoms with Gasteiger partial charge in [0.25, 0.3) is 0 Å². The molecule has 0 radical (unpaired) electrons. The minimum absolute atomic E-state index is 0.188. The van der Waals surface area contributed by atoms with Crippen LogP contribution in [0.1, 0.15) is 45.4 Å². The average Bonchev–Trinajstić information content (AvgIpc) is 2.90. The third kappa shape index (κ3) is 5.87. The number of carbonyl (C=O) groups is 1. The van der Waals surface area contributed by atoms with Crippen molar-refractivity contribution < 1.29 is 4.79 Å². The molecule has 0 saturated heterocycles. The molecule has 0 unspecified atom stereocenters. The van der Waals surface area contributed by atoms with Gasteiger partial charge in [0, 0.05) is 39.0 Å². The van der Waals surface area contributed by atoms with E-state index in [1.165, 1.54) is 25.7 Å². The van der Waals surface area contributed by atoms with Gasteiger partial charge in [-0.2, -0.15) is 0 Å². The summed E-state index contributed by atoms with van der Waals surface area (Å²) in [5.41, 5.74) is 5.45. The first-order valence-corrected chi connectivity index (χ1v) is 7.71. The predicted octanol–water partition coefficient (Wildman–Crippen LogP) is 1.78. The van der Waals surface area contributed by atoms with Gasteiger partial charge in [-0.05, 0) is 19.4 Å². The molecule has 19 heavy (non-hydrogen) atoms. The molecule has 0 aromatic carbocycles. The molecule has 1 fully saturated rings. The fourth-order valence-electron chi connectivity index (χ4n) is 2.70. The molecule has 2 N–H and O–H groups in total. The van der Waals surface area contributed by atoms with E-state index in [-0.39, 0.29) is 5.91 Å². The normalized spacial score (nSPS) is 15.9. The van der Waals surface area contributed by atoms with Crippen molar-refractivity contribution in [3.05, 3.63) is 0 Å². The Morgan fingerprint density at radius 2 is 1.89 bits per heavy atom. The quantitative estimate of drug-likeness (QED) is 0.691. The number of amides is 1. The van der Waals surface area contributed by atoms with Gasteiger partial charge in [-0.1, -0.05) is 32.0 Å². The van der Waals surface area contributed by atoms with Crippen LogP contribution in [0.2, 0.25) is 0 Å². The number of hydrogen-bond donors (Lipinski definition) is 1. The van der Waals surface area contributed by atoms with Crippen LogP contribution in [-0.2, 0) is 4.79 Å². The highest BCUT2D eigenvalue weighted by atomic mass is 32.1. The molecular formula is C14H27N3OS. The SMILES string of the molecule is CCN(CCC(=O)N(C)CCC(N)=S)C1CCCC1. The molecule has 0 atom stereocenters. The highest BCUT2D eigenvalue weighted by Crippen LogP contribution is 2.23. The number of rotatable bonds is 8. The van der Waals surface area contributed by atoms with Crippen LogP contribution in [0.15, 0.2) is 0 Å². The van der Waals surface area contributed by atoms with Crippen molar-refractivity contribution in [2.75, 3.05) is 26.7 Å². The molecule has 0 bridgehead atoms. The second-order valence-corrected chi connectivity index (χ2v) is 5.87. The van der Waals surface area contributed by atoms with Gasteiger partial charge in [-0.3, -0.25) is 4.79 Å². The van der Waals surface area contributed by atoms with Crippen molar-refractivity contribution in [3.63, 3.8) is 0 Å². The van der Waals surface area contributed by atoms with Gasteiger partial charge in [-0.25, -0.2) is 0 Å². The second kappa shape index (κ2) is 8.48. The van der Waals surface area contributed by atoms with E-state index >= 15 is 0 Å². The summed E-state index contributed by atoms with van der Waals surface area (Å²) in [5, 5.41) is 0. The topological polar surface area (TPSA) is 49.6 Å². The van der Waals surface area contributed by atoms with E-state index in [0.717, 1.165) is 13.1 Å². The third-order valence-electron chi connectivity index (χ3n) is 3.98. The summed E-state index contributed by atoms with van der Waals surface area (Å²) in [4.78, 5) is 16.7. The monoisotopic (exact) mass is 285 g/mol. The van der Waals surface area contributed by atoms with Crippen molar-refractivity contribution in [1.82, 2.24) is 9.80 Å². The molecule has 1 amide bonds. The smallest absolute Gasteiger partial charge is 0.223 e. The summed E-state index contributed by atoms with van der Waals surface area (Å²) in [6, 6.07) is 0.694. The molecule has 1 aliphatic carbocycles. The minimum Gasteiger partial charge on any atom is -0.393 e. The Kier molecular flexibility index (Phi) is 7.31. The Morgan fingerprint density at radius 1 is 1.26 bits per heavy atom. The van der Waals surface area contributed by atoms with Gasteiger partial charge in [0.05, 0.1) is 4.99 Å². The van der Waals surface area contributed by atoms with E-state index in [4.69, 9.17) is 18.0 Å². The third-order valence-corrected chi connectivity index (χ3v) is 4.18. The molecule has 5 heteroatoms. The number of nitrogens with zero attached hydrogens (tertiary/aromatic N) is 2. The van der Waals surface area contributed by atoms with Crippen LogP contribution in [0.25, 0.3) is 0 Å². The summed E-state index contributed by atoms with van der Waals surface area (Å²) >= 11 is 4.83. The summed E-state index contributed by atoms with van der Waals surface area (Å²) in [7, 11) is 1.83. The van der Waals surface area contributed by atoms with Gasteiger partial charge < -0.3 is 15.5 Å². The molecular weight excluding hydrogens is 258 g/mol. The lowest BCUT2D eigenvalue weighted by Gasteiger charge is -2.28. The van der Waals surface area contributed by atoms with Crippen molar-refractivity contribution in [3.8, 4) is 0 Å². The summed E-state index contributed by atoms with van der Waals surface area (Å²) in [6.45, 7) is 4.72. The maximum absolute atomic E-state index is 12.0. The summed E-state index contributed by atoms with van der Waals surface area (Å²) in [6.07, 6.45) is 6.46. The highest BCUT2D eigenvalue weighted by Gasteiger charge is 2.22. The van der Waals surface area contributed by atoms with Crippen LogP contribution in [0.5, 0.6) is 0 Å². The number of carbonyl (C=O) groups excluding carboxylic acids is 1. The van der Waals surface area contributed by atoms with E-state index < -0.39 is 0 Å². The van der Waals surface area contributed by atoms with Gasteiger partial charge in [0.15, 0.2) is 0 Å². The molecule has 0 heterocycles. The van der Waals surface area contributed by atoms with Crippen LogP contribution < -0.4 is 5.73 Å². The van der Waals surface area contributed by atoms with Crippen LogP contribution in [0.3, 0.4) is 0 Å². The Bertz CT molecular complexity index is 303. The predicted molar refractivity (Wildman–Crippen MR) is 83.2 cm³/mol. The van der Waals surface area contributed by atoms with Crippen LogP contribution in [0, 0.1) is 0 Å². The van der Waals surface area contributed by atoms with E-state index in [1.54, 1.807) is 4.90 Å². The highest BCUT2D eigenvalue weighted by molar-refractivity contribution is 7.80.